The van der Waals surface area contributed by atoms with Crippen molar-refractivity contribution in [2.75, 3.05) is 5.75 Å². The number of carboxylic acid groups (broad SMARTS) is 1. The van der Waals surface area contributed by atoms with Gasteiger partial charge in [0.1, 0.15) is 5.03 Å². The third kappa shape index (κ3) is 3.93. The number of carboxylic acids is 1. The fourth-order valence-corrected chi connectivity index (χ4v) is 2.95. The van der Waals surface area contributed by atoms with Gasteiger partial charge in [-0.05, 0) is 24.3 Å². The van der Waals surface area contributed by atoms with Crippen LogP contribution in [-0.2, 0) is 12.8 Å². The van der Waals surface area contributed by atoms with Gasteiger partial charge in [0.2, 0.25) is 0 Å². The Kier molecular flexibility index (Phi) is 6.28. The molecule has 1 N–H and O–H groups in total. The maximum absolute atomic E-state index is 11.5. The van der Waals surface area contributed by atoms with Crippen molar-refractivity contribution in [3.05, 3.63) is 16.8 Å². The Bertz CT molecular complexity index is 449. The first kappa shape index (κ1) is 16.0. The lowest BCUT2D eigenvalue weighted by molar-refractivity contribution is 0.0690. The average Bonchev–Trinajstić information content (AvgIpc) is 2.42. The van der Waals surface area contributed by atoms with Crippen LogP contribution >= 0.6 is 11.8 Å². The molecule has 1 atom stereocenters. The van der Waals surface area contributed by atoms with E-state index in [1.165, 1.54) is 11.8 Å². The van der Waals surface area contributed by atoms with Crippen LogP contribution in [0.25, 0.3) is 0 Å². The van der Waals surface area contributed by atoms with Crippen molar-refractivity contribution in [1.82, 2.24) is 10.2 Å². The van der Waals surface area contributed by atoms with E-state index < -0.39 is 5.97 Å². The number of aromatic carboxylic acids is 1. The molecule has 0 aliphatic carbocycles. The van der Waals surface area contributed by atoms with Gasteiger partial charge < -0.3 is 5.11 Å². The Labute approximate surface area is 119 Å². The number of hydrogen-bond donors (Lipinski definition) is 1. The van der Waals surface area contributed by atoms with Gasteiger partial charge in [0.25, 0.3) is 0 Å². The number of aromatic nitrogens is 2. The van der Waals surface area contributed by atoms with E-state index in [1.807, 2.05) is 13.8 Å². The van der Waals surface area contributed by atoms with Gasteiger partial charge in [-0.3, -0.25) is 0 Å². The molecule has 5 heteroatoms. The van der Waals surface area contributed by atoms with Gasteiger partial charge >= 0.3 is 5.97 Å². The summed E-state index contributed by atoms with van der Waals surface area (Å²) in [6.45, 7) is 8.22. The van der Waals surface area contributed by atoms with Crippen LogP contribution in [0.2, 0.25) is 0 Å². The molecule has 0 aromatic carbocycles. The van der Waals surface area contributed by atoms with Gasteiger partial charge in [-0.2, -0.15) is 5.10 Å². The lowest BCUT2D eigenvalue weighted by Crippen LogP contribution is -2.12. The number of nitrogens with zero attached hydrogens (tertiary/aromatic N) is 2. The maximum Gasteiger partial charge on any atom is 0.338 e. The van der Waals surface area contributed by atoms with Crippen molar-refractivity contribution >= 4 is 17.7 Å². The molecule has 4 nitrogen and oxygen atoms in total. The highest BCUT2D eigenvalue weighted by molar-refractivity contribution is 7.99. The molecule has 1 rings (SSSR count). The molecule has 0 saturated carbocycles. The molecule has 1 aromatic heterocycles. The Morgan fingerprint density at radius 1 is 1.26 bits per heavy atom. The van der Waals surface area contributed by atoms with Crippen molar-refractivity contribution in [2.24, 2.45) is 5.92 Å². The summed E-state index contributed by atoms with van der Waals surface area (Å²) in [4.78, 5) is 11.5. The first-order valence-electron chi connectivity index (χ1n) is 6.79. The zero-order chi connectivity index (χ0) is 14.4. The highest BCUT2D eigenvalue weighted by Gasteiger charge is 2.20. The van der Waals surface area contributed by atoms with Crippen molar-refractivity contribution in [1.29, 1.82) is 0 Å². The Morgan fingerprint density at radius 2 is 1.95 bits per heavy atom. The minimum Gasteiger partial charge on any atom is -0.478 e. The number of carbonyl (C=O) groups is 1. The van der Waals surface area contributed by atoms with E-state index in [0.717, 1.165) is 23.4 Å². The maximum atomic E-state index is 11.5. The summed E-state index contributed by atoms with van der Waals surface area (Å²) < 4.78 is 0. The van der Waals surface area contributed by atoms with Crippen molar-refractivity contribution in [3.63, 3.8) is 0 Å². The Morgan fingerprint density at radius 3 is 2.42 bits per heavy atom. The normalized spacial score (nSPS) is 12.4. The average molecular weight is 282 g/mol. The minimum absolute atomic E-state index is 0.350. The number of hydrogen-bond acceptors (Lipinski definition) is 4. The molecule has 1 aromatic rings. The zero-order valence-corrected chi connectivity index (χ0v) is 12.9. The highest BCUT2D eigenvalue weighted by atomic mass is 32.2. The molecular weight excluding hydrogens is 260 g/mol. The summed E-state index contributed by atoms with van der Waals surface area (Å²) in [6, 6.07) is 0. The summed E-state index contributed by atoms with van der Waals surface area (Å²) in [5.41, 5.74) is 1.98. The van der Waals surface area contributed by atoms with E-state index >= 15 is 0 Å². The first-order valence-corrected chi connectivity index (χ1v) is 7.78. The monoisotopic (exact) mass is 282 g/mol. The Hall–Kier alpha value is -1.10. The van der Waals surface area contributed by atoms with Crippen LogP contribution in [0, 0.1) is 5.92 Å². The van der Waals surface area contributed by atoms with E-state index in [9.17, 15) is 9.90 Å². The largest absolute Gasteiger partial charge is 0.478 e. The lowest BCUT2D eigenvalue weighted by atomic mass is 10.0. The van der Waals surface area contributed by atoms with Gasteiger partial charge in [0.15, 0.2) is 0 Å². The molecule has 0 spiro atoms. The second-order valence-corrected chi connectivity index (χ2v) is 5.65. The third-order valence-corrected chi connectivity index (χ3v) is 4.52. The summed E-state index contributed by atoms with van der Waals surface area (Å²) in [5.74, 6) is 0.526. The summed E-state index contributed by atoms with van der Waals surface area (Å²) in [7, 11) is 0. The van der Waals surface area contributed by atoms with Crippen LogP contribution in [-0.4, -0.2) is 27.0 Å². The van der Waals surface area contributed by atoms with Crippen molar-refractivity contribution < 1.29 is 9.90 Å². The molecule has 0 saturated heterocycles. The summed E-state index contributed by atoms with van der Waals surface area (Å²) in [5, 5.41) is 18.3. The van der Waals surface area contributed by atoms with Gasteiger partial charge in [-0.1, -0.05) is 34.1 Å². The van der Waals surface area contributed by atoms with Crippen LogP contribution in [0.15, 0.2) is 5.03 Å². The molecule has 0 bridgehead atoms. The van der Waals surface area contributed by atoms with Crippen LogP contribution in [0.1, 0.15) is 55.7 Å². The van der Waals surface area contributed by atoms with Gasteiger partial charge in [0, 0.05) is 5.75 Å². The highest BCUT2D eigenvalue weighted by Crippen LogP contribution is 2.27. The first-order chi connectivity index (χ1) is 9.04. The summed E-state index contributed by atoms with van der Waals surface area (Å²) >= 11 is 1.50. The molecule has 0 radical (unpaired) electrons. The van der Waals surface area contributed by atoms with Crippen LogP contribution in [0.3, 0.4) is 0 Å². The van der Waals surface area contributed by atoms with E-state index in [-0.39, 0.29) is 0 Å². The minimum atomic E-state index is -0.895. The van der Waals surface area contributed by atoms with Gasteiger partial charge in [0.05, 0.1) is 11.3 Å². The third-order valence-electron chi connectivity index (χ3n) is 3.23. The van der Waals surface area contributed by atoms with Crippen LogP contribution < -0.4 is 0 Å². The van der Waals surface area contributed by atoms with E-state index in [2.05, 4.69) is 24.0 Å². The lowest BCUT2D eigenvalue weighted by Gasteiger charge is -2.13. The topological polar surface area (TPSA) is 63.1 Å². The molecule has 0 aliphatic rings. The van der Waals surface area contributed by atoms with Crippen LogP contribution in [0.5, 0.6) is 0 Å². The zero-order valence-electron chi connectivity index (χ0n) is 12.1. The number of thioether (sulfide) groups is 1. The second-order valence-electron chi connectivity index (χ2n) is 4.64. The van der Waals surface area contributed by atoms with E-state index in [1.54, 1.807) is 0 Å². The molecule has 0 amide bonds. The second kappa shape index (κ2) is 7.48. The fraction of sp³-hybridized carbons (Fsp3) is 0.643. The van der Waals surface area contributed by atoms with Crippen molar-refractivity contribution in [2.45, 2.75) is 52.0 Å². The fourth-order valence-electron chi connectivity index (χ4n) is 1.82. The molecule has 106 valence electrons. The predicted octanol–water partition coefficient (Wildman–Crippen LogP) is 3.44. The molecule has 0 fully saturated rings. The summed E-state index contributed by atoms with van der Waals surface area (Å²) in [6.07, 6.45) is 2.47. The number of aryl methyl sites for hydroxylation is 1. The van der Waals surface area contributed by atoms with Crippen molar-refractivity contribution in [3.8, 4) is 0 Å². The molecule has 1 unspecified atom stereocenters. The van der Waals surface area contributed by atoms with Crippen LogP contribution in [0.4, 0.5) is 0 Å². The SMILES string of the molecule is CCc1nnc(SCC(C)CC)c(C(=O)O)c1CC. The molecule has 0 aliphatic heterocycles. The Balaban J connectivity index is 3.13. The molecule has 19 heavy (non-hydrogen) atoms. The van der Waals surface area contributed by atoms with Gasteiger partial charge in [-0.25, -0.2) is 4.79 Å². The number of rotatable bonds is 7. The van der Waals surface area contributed by atoms with E-state index in [4.69, 9.17) is 0 Å². The predicted molar refractivity (Wildman–Crippen MR) is 77.9 cm³/mol. The standard InChI is InChI=1S/C14H22N2O2S/c1-5-9(4)8-19-13-12(14(17)18)10(6-2)11(7-3)15-16-13/h9H,5-8H2,1-4H3,(H,17,18). The van der Waals surface area contributed by atoms with E-state index in [0.29, 0.717) is 29.3 Å². The molecular formula is C14H22N2O2S. The van der Waals surface area contributed by atoms with Gasteiger partial charge in [-0.15, -0.1) is 16.9 Å². The quantitative estimate of drug-likeness (QED) is 0.776. The smallest absolute Gasteiger partial charge is 0.338 e. The molecule has 1 heterocycles.